The molecule has 3 rings (SSSR count). The summed E-state index contributed by atoms with van der Waals surface area (Å²) in [6, 6.07) is 1.69. The van der Waals surface area contributed by atoms with Crippen LogP contribution < -0.4 is 0 Å². The average molecular weight is 329 g/mol. The van der Waals surface area contributed by atoms with Gasteiger partial charge in [0, 0.05) is 22.8 Å². The van der Waals surface area contributed by atoms with Gasteiger partial charge in [0.2, 0.25) is 10.0 Å². The van der Waals surface area contributed by atoms with E-state index in [0.717, 1.165) is 22.6 Å². The van der Waals surface area contributed by atoms with E-state index < -0.39 is 21.4 Å². The van der Waals surface area contributed by atoms with Gasteiger partial charge < -0.3 is 5.11 Å². The molecule has 21 heavy (non-hydrogen) atoms. The summed E-state index contributed by atoms with van der Waals surface area (Å²) in [7, 11) is -3.58. The van der Waals surface area contributed by atoms with Gasteiger partial charge in [-0.3, -0.25) is 4.79 Å². The Bertz CT molecular complexity index is 694. The number of carbonyl (C=O) groups is 1. The molecule has 1 aliphatic carbocycles. The third-order valence-corrected chi connectivity index (χ3v) is 7.91. The molecule has 7 heteroatoms. The highest BCUT2D eigenvalue weighted by Gasteiger charge is 2.57. The van der Waals surface area contributed by atoms with Crippen LogP contribution in [0.3, 0.4) is 0 Å². The van der Waals surface area contributed by atoms with E-state index in [1.54, 1.807) is 13.0 Å². The highest BCUT2D eigenvalue weighted by atomic mass is 32.2. The Morgan fingerprint density at radius 2 is 2.19 bits per heavy atom. The monoisotopic (exact) mass is 329 g/mol. The van der Waals surface area contributed by atoms with E-state index in [1.165, 1.54) is 15.6 Å². The maximum atomic E-state index is 12.8. The smallest absolute Gasteiger partial charge is 0.311 e. The summed E-state index contributed by atoms with van der Waals surface area (Å²) in [6.07, 6.45) is 2.27. The molecule has 5 nitrogen and oxygen atoms in total. The summed E-state index contributed by atoms with van der Waals surface area (Å²) in [5.74, 6) is -0.897. The van der Waals surface area contributed by atoms with E-state index in [1.807, 2.05) is 6.92 Å². The summed E-state index contributed by atoms with van der Waals surface area (Å²) >= 11 is 1.46. The molecular formula is C14H19NO4S2. The van der Waals surface area contributed by atoms with Crippen LogP contribution >= 0.6 is 11.3 Å². The van der Waals surface area contributed by atoms with Crippen molar-refractivity contribution >= 4 is 27.3 Å². The quantitative estimate of drug-likeness (QED) is 0.923. The second kappa shape index (κ2) is 4.79. The van der Waals surface area contributed by atoms with Crippen molar-refractivity contribution in [2.24, 2.45) is 11.3 Å². The number of thiophene rings is 1. The molecule has 1 aliphatic heterocycles. The standard InChI is InChI=1S/C14H19NO4S2/c1-9-6-12(10(2)20-9)21(18,19)15-7-11-4-3-5-14(11,8-15)13(16)17/h6,11H,3-5,7-8H2,1-2H3,(H,16,17)/t11-,14+/m0/s1. The first-order valence-corrected chi connectivity index (χ1v) is 9.33. The van der Waals surface area contributed by atoms with Crippen LogP contribution in [0.15, 0.2) is 11.0 Å². The lowest BCUT2D eigenvalue weighted by atomic mass is 9.81. The van der Waals surface area contributed by atoms with Gasteiger partial charge in [-0.1, -0.05) is 6.42 Å². The third-order valence-electron chi connectivity index (χ3n) is 4.88. The van der Waals surface area contributed by atoms with Gasteiger partial charge in [-0.05, 0) is 38.7 Å². The van der Waals surface area contributed by atoms with Gasteiger partial charge in [-0.2, -0.15) is 4.31 Å². The summed E-state index contributed by atoms with van der Waals surface area (Å²) in [4.78, 5) is 13.7. The van der Waals surface area contributed by atoms with E-state index in [-0.39, 0.29) is 12.5 Å². The highest BCUT2D eigenvalue weighted by molar-refractivity contribution is 7.89. The first-order valence-electron chi connectivity index (χ1n) is 7.08. The number of carboxylic acid groups (broad SMARTS) is 1. The van der Waals surface area contributed by atoms with Crippen LogP contribution in [0.25, 0.3) is 0 Å². The Balaban J connectivity index is 1.96. The fourth-order valence-corrected chi connectivity index (χ4v) is 6.86. The maximum Gasteiger partial charge on any atom is 0.311 e. The molecule has 0 aromatic carbocycles. The topological polar surface area (TPSA) is 74.7 Å². The van der Waals surface area contributed by atoms with Crippen LogP contribution in [0.4, 0.5) is 0 Å². The molecule has 1 saturated carbocycles. The largest absolute Gasteiger partial charge is 0.481 e. The minimum absolute atomic E-state index is 0.0511. The van der Waals surface area contributed by atoms with Gasteiger partial charge in [0.25, 0.3) is 0 Å². The van der Waals surface area contributed by atoms with Crippen molar-refractivity contribution in [2.45, 2.75) is 38.0 Å². The number of hydrogen-bond donors (Lipinski definition) is 1. The number of nitrogens with zero attached hydrogens (tertiary/aromatic N) is 1. The number of hydrogen-bond acceptors (Lipinski definition) is 4. The molecule has 1 N–H and O–H groups in total. The number of carboxylic acids is 1. The Morgan fingerprint density at radius 1 is 1.48 bits per heavy atom. The second-order valence-corrected chi connectivity index (χ2v) is 9.49. The van der Waals surface area contributed by atoms with Gasteiger partial charge in [-0.15, -0.1) is 11.3 Å². The van der Waals surface area contributed by atoms with Crippen molar-refractivity contribution in [3.8, 4) is 0 Å². The SMILES string of the molecule is Cc1cc(S(=O)(=O)N2C[C@@H]3CCC[C@@]3(C(=O)O)C2)c(C)s1. The van der Waals surface area contributed by atoms with Crippen LogP contribution in [0.1, 0.15) is 29.0 Å². The molecule has 2 heterocycles. The van der Waals surface area contributed by atoms with Crippen molar-refractivity contribution in [3.63, 3.8) is 0 Å². The highest BCUT2D eigenvalue weighted by Crippen LogP contribution is 2.50. The molecular weight excluding hydrogens is 310 g/mol. The zero-order valence-corrected chi connectivity index (χ0v) is 13.8. The number of fused-ring (bicyclic) bond motifs is 1. The molecule has 0 unspecified atom stereocenters. The van der Waals surface area contributed by atoms with Gasteiger partial charge in [-0.25, -0.2) is 8.42 Å². The molecule has 0 radical (unpaired) electrons. The maximum absolute atomic E-state index is 12.8. The van der Waals surface area contributed by atoms with Crippen LogP contribution in [0.5, 0.6) is 0 Å². The van der Waals surface area contributed by atoms with Gasteiger partial charge >= 0.3 is 5.97 Å². The van der Waals surface area contributed by atoms with Crippen molar-refractivity contribution in [3.05, 3.63) is 15.8 Å². The fourth-order valence-electron chi connectivity index (χ4n) is 3.78. The molecule has 2 aliphatic rings. The normalized spacial score (nSPS) is 29.7. The number of aryl methyl sites for hydroxylation is 2. The van der Waals surface area contributed by atoms with Gasteiger partial charge in [0.1, 0.15) is 0 Å². The van der Waals surface area contributed by atoms with E-state index in [9.17, 15) is 18.3 Å². The molecule has 2 atom stereocenters. The van der Waals surface area contributed by atoms with E-state index in [2.05, 4.69) is 0 Å². The van der Waals surface area contributed by atoms with Gasteiger partial charge in [0.05, 0.1) is 10.3 Å². The molecule has 1 saturated heterocycles. The van der Waals surface area contributed by atoms with Crippen LogP contribution in [-0.4, -0.2) is 36.9 Å². The number of sulfonamides is 1. The van der Waals surface area contributed by atoms with Crippen LogP contribution in [0.2, 0.25) is 0 Å². The van der Waals surface area contributed by atoms with Gasteiger partial charge in [0.15, 0.2) is 0 Å². The predicted molar refractivity (Wildman–Crippen MR) is 80.0 cm³/mol. The second-order valence-electron chi connectivity index (χ2n) is 6.13. The molecule has 1 aromatic heterocycles. The minimum atomic E-state index is -3.58. The Morgan fingerprint density at radius 3 is 2.71 bits per heavy atom. The number of rotatable bonds is 3. The van der Waals surface area contributed by atoms with Crippen LogP contribution in [-0.2, 0) is 14.8 Å². The first kappa shape index (κ1) is 15.0. The summed E-state index contributed by atoms with van der Waals surface area (Å²) in [6.45, 7) is 4.13. The zero-order chi connectivity index (χ0) is 15.4. The molecule has 0 spiro atoms. The van der Waals surface area contributed by atoms with Crippen molar-refractivity contribution in [2.75, 3.05) is 13.1 Å². The minimum Gasteiger partial charge on any atom is -0.481 e. The lowest BCUT2D eigenvalue weighted by Gasteiger charge is -2.23. The number of aliphatic carboxylic acids is 1. The zero-order valence-electron chi connectivity index (χ0n) is 12.1. The summed E-state index contributed by atoms with van der Waals surface area (Å²) in [5, 5.41) is 9.57. The van der Waals surface area contributed by atoms with E-state index in [0.29, 0.717) is 17.9 Å². The van der Waals surface area contributed by atoms with Crippen molar-refractivity contribution in [1.29, 1.82) is 0 Å². The Hall–Kier alpha value is -0.920. The predicted octanol–water partition coefficient (Wildman–Crippen LogP) is 2.24. The van der Waals surface area contributed by atoms with E-state index >= 15 is 0 Å². The van der Waals surface area contributed by atoms with E-state index in [4.69, 9.17) is 0 Å². The van der Waals surface area contributed by atoms with Crippen molar-refractivity contribution in [1.82, 2.24) is 4.31 Å². The Labute approximate surface area is 128 Å². The molecule has 2 fully saturated rings. The Kier molecular flexibility index (Phi) is 3.42. The third kappa shape index (κ3) is 2.13. The lowest BCUT2D eigenvalue weighted by molar-refractivity contribution is -0.149. The van der Waals surface area contributed by atoms with Crippen molar-refractivity contribution < 1.29 is 18.3 Å². The molecule has 0 bridgehead atoms. The summed E-state index contributed by atoms with van der Waals surface area (Å²) < 4.78 is 27.0. The molecule has 0 amide bonds. The first-order chi connectivity index (χ1) is 9.77. The summed E-state index contributed by atoms with van der Waals surface area (Å²) in [5.41, 5.74) is -0.869. The molecule has 116 valence electrons. The average Bonchev–Trinajstić information content (AvgIpc) is 3.00. The van der Waals surface area contributed by atoms with Crippen LogP contribution in [0, 0.1) is 25.2 Å². The fraction of sp³-hybridized carbons (Fsp3) is 0.643. The lowest BCUT2D eigenvalue weighted by Crippen LogP contribution is -2.37. The molecule has 1 aromatic rings.